The number of hydrogen-bond acceptors (Lipinski definition) is 14. The molecule has 0 saturated carbocycles. The van der Waals surface area contributed by atoms with Gasteiger partial charge in [0.05, 0.1) is 26.3 Å². The molecule has 0 amide bonds. The second-order valence-corrected chi connectivity index (χ2v) is 13.5. The van der Waals surface area contributed by atoms with Crippen LogP contribution < -0.4 is 11.0 Å². The predicted molar refractivity (Wildman–Crippen MR) is 200 cm³/mol. The third-order valence-electron chi connectivity index (χ3n) is 9.30. The average molecular weight is 767 g/mol. The molecule has 2 fully saturated rings. The van der Waals surface area contributed by atoms with Gasteiger partial charge in [0, 0.05) is 12.1 Å². The maximum atomic E-state index is 13.4. The van der Waals surface area contributed by atoms with E-state index >= 15 is 0 Å². The lowest BCUT2D eigenvalue weighted by Gasteiger charge is -2.37. The SMILES string of the molecule is O=C(ON1C[C@H](NOCc2ccccc2)CC[C@H]1C(=O)OCc1ccccc1)C(=O)ON1C[C@H](NOCc2ccccc2)CC[C@H]1C(=O)OCc1ccccc1. The molecule has 4 aromatic rings. The van der Waals surface area contributed by atoms with Crippen LogP contribution in [0.15, 0.2) is 121 Å². The van der Waals surface area contributed by atoms with Gasteiger partial charge < -0.3 is 19.1 Å². The highest BCUT2D eigenvalue weighted by molar-refractivity contribution is 6.29. The molecule has 294 valence electrons. The Balaban J connectivity index is 1.09. The van der Waals surface area contributed by atoms with Crippen molar-refractivity contribution >= 4 is 23.9 Å². The molecule has 6 rings (SSSR count). The maximum Gasteiger partial charge on any atom is 0.438 e. The average Bonchev–Trinajstić information content (AvgIpc) is 3.23. The zero-order valence-corrected chi connectivity index (χ0v) is 30.9. The van der Waals surface area contributed by atoms with Crippen molar-refractivity contribution in [2.45, 2.75) is 76.3 Å². The number of carbonyl (C=O) groups is 4. The van der Waals surface area contributed by atoms with Gasteiger partial charge in [-0.25, -0.2) is 9.59 Å². The molecule has 2 N–H and O–H groups in total. The lowest BCUT2D eigenvalue weighted by molar-refractivity contribution is -0.242. The van der Waals surface area contributed by atoms with Crippen molar-refractivity contribution in [2.75, 3.05) is 13.1 Å². The van der Waals surface area contributed by atoms with E-state index in [1.807, 2.05) is 121 Å². The van der Waals surface area contributed by atoms with Gasteiger partial charge in [0.15, 0.2) is 0 Å². The normalized spacial score (nSPS) is 20.1. The fourth-order valence-electron chi connectivity index (χ4n) is 6.31. The third-order valence-corrected chi connectivity index (χ3v) is 9.30. The molecular formula is C42H46N4O10. The molecule has 4 atom stereocenters. The van der Waals surface area contributed by atoms with Crippen LogP contribution in [0.1, 0.15) is 47.9 Å². The zero-order chi connectivity index (χ0) is 39.0. The molecule has 0 unspecified atom stereocenters. The number of rotatable bonds is 16. The van der Waals surface area contributed by atoms with Gasteiger partial charge in [0.2, 0.25) is 0 Å². The molecule has 14 nitrogen and oxygen atoms in total. The van der Waals surface area contributed by atoms with Crippen LogP contribution in [0, 0.1) is 0 Å². The van der Waals surface area contributed by atoms with E-state index in [0.29, 0.717) is 12.8 Å². The molecule has 2 aliphatic heterocycles. The Kier molecular flexibility index (Phi) is 15.1. The quantitative estimate of drug-likeness (QED) is 0.0935. The lowest BCUT2D eigenvalue weighted by atomic mass is 10.0. The van der Waals surface area contributed by atoms with E-state index in [2.05, 4.69) is 11.0 Å². The Morgan fingerprint density at radius 3 is 1.12 bits per heavy atom. The minimum absolute atomic E-state index is 0.00180. The molecule has 4 aromatic carbocycles. The van der Waals surface area contributed by atoms with Crippen molar-refractivity contribution in [1.29, 1.82) is 0 Å². The number of nitrogens with zero attached hydrogens (tertiary/aromatic N) is 2. The summed E-state index contributed by atoms with van der Waals surface area (Å²) in [7, 11) is 0. The van der Waals surface area contributed by atoms with Crippen LogP contribution in [0.25, 0.3) is 0 Å². The van der Waals surface area contributed by atoms with E-state index in [1.54, 1.807) is 0 Å². The first-order valence-electron chi connectivity index (χ1n) is 18.6. The second-order valence-electron chi connectivity index (χ2n) is 13.5. The van der Waals surface area contributed by atoms with Crippen molar-refractivity contribution in [2.24, 2.45) is 0 Å². The van der Waals surface area contributed by atoms with Crippen LogP contribution in [0.2, 0.25) is 0 Å². The molecule has 0 aromatic heterocycles. The summed E-state index contributed by atoms with van der Waals surface area (Å²) >= 11 is 0. The number of ether oxygens (including phenoxy) is 2. The van der Waals surface area contributed by atoms with E-state index < -0.39 is 36.0 Å². The second kappa shape index (κ2) is 21.0. The summed E-state index contributed by atoms with van der Waals surface area (Å²) in [5, 5.41) is 2.24. The van der Waals surface area contributed by atoms with Crippen LogP contribution in [-0.2, 0) is 74.4 Å². The Labute approximate surface area is 325 Å². The molecule has 56 heavy (non-hydrogen) atoms. The maximum absolute atomic E-state index is 13.4. The number of benzene rings is 4. The summed E-state index contributed by atoms with van der Waals surface area (Å²) in [6.07, 6.45) is 1.44. The summed E-state index contributed by atoms with van der Waals surface area (Å²) in [6, 6.07) is 34.7. The summed E-state index contributed by atoms with van der Waals surface area (Å²) in [6.45, 7) is 0.600. The zero-order valence-electron chi connectivity index (χ0n) is 30.9. The van der Waals surface area contributed by atoms with E-state index in [0.717, 1.165) is 32.4 Å². The first kappa shape index (κ1) is 40.2. The van der Waals surface area contributed by atoms with Crippen molar-refractivity contribution in [3.63, 3.8) is 0 Å². The smallest absolute Gasteiger partial charge is 0.438 e. The van der Waals surface area contributed by atoms with Crippen molar-refractivity contribution in [3.05, 3.63) is 144 Å². The fourth-order valence-corrected chi connectivity index (χ4v) is 6.31. The van der Waals surface area contributed by atoms with Gasteiger partial charge in [0.1, 0.15) is 25.3 Å². The molecule has 0 aliphatic carbocycles. The van der Waals surface area contributed by atoms with E-state index in [-0.39, 0.29) is 64.4 Å². The minimum atomic E-state index is -1.39. The van der Waals surface area contributed by atoms with Gasteiger partial charge in [0.25, 0.3) is 0 Å². The fraction of sp³-hybridized carbons (Fsp3) is 0.333. The number of nitrogens with one attached hydrogen (secondary N) is 2. The number of esters is 2. The van der Waals surface area contributed by atoms with Gasteiger partial charge in [-0.05, 0) is 47.9 Å². The third kappa shape index (κ3) is 12.3. The highest BCUT2D eigenvalue weighted by atomic mass is 16.8. The Hall–Kier alpha value is -5.48. The topological polar surface area (TPSA) is 154 Å². The molecule has 2 aliphatic rings. The Morgan fingerprint density at radius 1 is 0.464 bits per heavy atom. The van der Waals surface area contributed by atoms with Gasteiger partial charge in [-0.1, -0.05) is 121 Å². The summed E-state index contributed by atoms with van der Waals surface area (Å²) in [4.78, 5) is 76.1. The highest BCUT2D eigenvalue weighted by Gasteiger charge is 2.41. The first-order valence-corrected chi connectivity index (χ1v) is 18.6. The van der Waals surface area contributed by atoms with Crippen LogP contribution in [0.5, 0.6) is 0 Å². The van der Waals surface area contributed by atoms with Crippen molar-refractivity contribution < 1.29 is 48.0 Å². The Morgan fingerprint density at radius 2 is 0.786 bits per heavy atom. The molecule has 14 heteroatoms. The number of hydrogen-bond donors (Lipinski definition) is 2. The number of piperidine rings is 2. The first-order chi connectivity index (χ1) is 27.4. The molecule has 0 radical (unpaired) electrons. The van der Waals surface area contributed by atoms with Gasteiger partial charge in [-0.2, -0.15) is 11.0 Å². The van der Waals surface area contributed by atoms with Crippen LogP contribution in [0.3, 0.4) is 0 Å². The minimum Gasteiger partial charge on any atom is -0.460 e. The van der Waals surface area contributed by atoms with E-state index in [4.69, 9.17) is 28.8 Å². The predicted octanol–water partition coefficient (Wildman–Crippen LogP) is 4.50. The van der Waals surface area contributed by atoms with Gasteiger partial charge in [-0.3, -0.25) is 19.3 Å². The molecule has 2 saturated heterocycles. The lowest BCUT2D eigenvalue weighted by Crippen LogP contribution is -2.56. The molecule has 2 heterocycles. The number of carbonyl (C=O) groups excluding carboxylic acids is 4. The number of hydroxylamine groups is 6. The molecular weight excluding hydrogens is 720 g/mol. The Bertz CT molecular complexity index is 1700. The van der Waals surface area contributed by atoms with E-state index in [9.17, 15) is 19.2 Å². The van der Waals surface area contributed by atoms with Crippen LogP contribution >= 0.6 is 0 Å². The summed E-state index contributed by atoms with van der Waals surface area (Å²) < 4.78 is 11.2. The monoisotopic (exact) mass is 766 g/mol. The summed E-state index contributed by atoms with van der Waals surface area (Å²) in [5.41, 5.74) is 9.43. The molecule has 0 bridgehead atoms. The molecule has 0 spiro atoms. The van der Waals surface area contributed by atoms with E-state index in [1.165, 1.54) is 0 Å². The standard InChI is InChI=1S/C42H46N4O10/c47-39(51-27-31-13-5-1-6-14-31)37-23-21-35(43-53-29-33-17-9-3-10-18-33)25-45(37)55-41(49)42(50)56-46-26-36(44-54-30-34-19-11-4-12-20-34)22-24-38(46)40(48)52-28-32-15-7-2-8-16-32/h1-20,35-38,43-44H,21-30H2/t35-,36-,37+,38+/m1/s1. The highest BCUT2D eigenvalue weighted by Crippen LogP contribution is 2.23. The summed E-state index contributed by atoms with van der Waals surface area (Å²) in [5.74, 6) is -4.02. The van der Waals surface area contributed by atoms with Crippen LogP contribution in [-0.4, -0.2) is 71.3 Å². The van der Waals surface area contributed by atoms with Crippen molar-refractivity contribution in [3.8, 4) is 0 Å². The van der Waals surface area contributed by atoms with Crippen LogP contribution in [0.4, 0.5) is 0 Å². The largest absolute Gasteiger partial charge is 0.460 e. The van der Waals surface area contributed by atoms with Gasteiger partial charge >= 0.3 is 23.9 Å². The van der Waals surface area contributed by atoms with Crippen molar-refractivity contribution in [1.82, 2.24) is 21.1 Å². The van der Waals surface area contributed by atoms with Gasteiger partial charge in [-0.15, -0.1) is 10.1 Å².